The maximum atomic E-state index is 11.7. The van der Waals surface area contributed by atoms with Crippen LogP contribution < -0.4 is 10.9 Å². The third-order valence-corrected chi connectivity index (χ3v) is 2.41. The molecule has 0 saturated carbocycles. The second kappa shape index (κ2) is 6.28. The molecule has 1 rings (SSSR count). The Morgan fingerprint density at radius 3 is 3.00 bits per heavy atom. The standard InChI is InChI=1S/C13H20N2O/c1-4-7-14-9-11(2)10-15-8-5-6-12(3)13(15)16/h5-6,8,14H,2,4,7,9-10H2,1,3H3. The molecule has 0 aromatic carbocycles. The first kappa shape index (κ1) is 12.7. The quantitative estimate of drug-likeness (QED) is 0.585. The molecule has 1 heterocycles. The van der Waals surface area contributed by atoms with Crippen LogP contribution in [0.4, 0.5) is 0 Å². The normalized spacial score (nSPS) is 10.4. The van der Waals surface area contributed by atoms with Gasteiger partial charge in [0, 0.05) is 24.8 Å². The fourth-order valence-corrected chi connectivity index (χ4v) is 1.52. The van der Waals surface area contributed by atoms with Crippen molar-refractivity contribution in [1.82, 2.24) is 9.88 Å². The lowest BCUT2D eigenvalue weighted by molar-refractivity contribution is 0.662. The van der Waals surface area contributed by atoms with E-state index in [1.807, 2.05) is 19.1 Å². The summed E-state index contributed by atoms with van der Waals surface area (Å²) in [5.41, 5.74) is 1.87. The van der Waals surface area contributed by atoms with Gasteiger partial charge in [-0.2, -0.15) is 0 Å². The van der Waals surface area contributed by atoms with Gasteiger partial charge in [0.25, 0.3) is 5.56 Å². The van der Waals surface area contributed by atoms with Gasteiger partial charge in [-0.05, 0) is 31.5 Å². The molecule has 3 nitrogen and oxygen atoms in total. The van der Waals surface area contributed by atoms with Crippen molar-refractivity contribution in [2.75, 3.05) is 13.1 Å². The molecule has 0 saturated heterocycles. The molecule has 0 bridgehead atoms. The highest BCUT2D eigenvalue weighted by Gasteiger charge is 2.00. The number of rotatable bonds is 6. The summed E-state index contributed by atoms with van der Waals surface area (Å²) in [6.45, 7) is 10.3. The molecule has 0 aliphatic heterocycles. The summed E-state index contributed by atoms with van der Waals surface area (Å²) < 4.78 is 1.70. The number of nitrogens with zero attached hydrogens (tertiary/aromatic N) is 1. The van der Waals surface area contributed by atoms with Crippen LogP contribution in [0.3, 0.4) is 0 Å². The van der Waals surface area contributed by atoms with Gasteiger partial charge in [0.2, 0.25) is 0 Å². The van der Waals surface area contributed by atoms with Crippen molar-refractivity contribution < 1.29 is 0 Å². The Morgan fingerprint density at radius 2 is 2.31 bits per heavy atom. The van der Waals surface area contributed by atoms with Crippen molar-refractivity contribution in [3.05, 3.63) is 46.4 Å². The lowest BCUT2D eigenvalue weighted by Crippen LogP contribution is -2.25. The topological polar surface area (TPSA) is 34.0 Å². The average molecular weight is 220 g/mol. The lowest BCUT2D eigenvalue weighted by Gasteiger charge is -2.09. The monoisotopic (exact) mass is 220 g/mol. The summed E-state index contributed by atoms with van der Waals surface area (Å²) in [4.78, 5) is 11.7. The zero-order valence-electron chi connectivity index (χ0n) is 10.1. The lowest BCUT2D eigenvalue weighted by atomic mass is 10.2. The highest BCUT2D eigenvalue weighted by atomic mass is 16.1. The van der Waals surface area contributed by atoms with E-state index in [0.29, 0.717) is 6.54 Å². The van der Waals surface area contributed by atoms with E-state index >= 15 is 0 Å². The average Bonchev–Trinajstić information content (AvgIpc) is 2.25. The first-order valence-electron chi connectivity index (χ1n) is 5.68. The van der Waals surface area contributed by atoms with Crippen molar-refractivity contribution in [1.29, 1.82) is 0 Å². The summed E-state index contributed by atoms with van der Waals surface area (Å²) in [6.07, 6.45) is 2.91. The van der Waals surface area contributed by atoms with Crippen LogP contribution in [0.2, 0.25) is 0 Å². The molecule has 0 aliphatic carbocycles. The van der Waals surface area contributed by atoms with Gasteiger partial charge in [-0.25, -0.2) is 0 Å². The van der Waals surface area contributed by atoms with Gasteiger partial charge in [0.1, 0.15) is 0 Å². The van der Waals surface area contributed by atoms with E-state index in [1.54, 1.807) is 10.8 Å². The Kier molecular flexibility index (Phi) is 4.99. The highest BCUT2D eigenvalue weighted by molar-refractivity contribution is 5.09. The minimum absolute atomic E-state index is 0.0686. The molecule has 1 aromatic rings. The predicted molar refractivity (Wildman–Crippen MR) is 67.7 cm³/mol. The fourth-order valence-electron chi connectivity index (χ4n) is 1.52. The molecule has 1 aromatic heterocycles. The SMILES string of the molecule is C=C(CNCCC)Cn1cccc(C)c1=O. The van der Waals surface area contributed by atoms with Crippen LogP contribution in [0.1, 0.15) is 18.9 Å². The van der Waals surface area contributed by atoms with Gasteiger partial charge in [0.15, 0.2) is 0 Å². The van der Waals surface area contributed by atoms with Gasteiger partial charge in [0.05, 0.1) is 0 Å². The van der Waals surface area contributed by atoms with Crippen LogP contribution in [0, 0.1) is 6.92 Å². The molecular weight excluding hydrogens is 200 g/mol. The van der Waals surface area contributed by atoms with Crippen molar-refractivity contribution in [2.24, 2.45) is 0 Å². The molecule has 0 radical (unpaired) electrons. The Bertz CT molecular complexity index is 407. The van der Waals surface area contributed by atoms with Gasteiger partial charge in [-0.1, -0.05) is 19.6 Å². The van der Waals surface area contributed by atoms with Crippen molar-refractivity contribution in [2.45, 2.75) is 26.8 Å². The predicted octanol–water partition coefficient (Wildman–Crippen LogP) is 1.71. The Morgan fingerprint density at radius 1 is 1.56 bits per heavy atom. The van der Waals surface area contributed by atoms with Crippen LogP contribution in [-0.2, 0) is 6.54 Å². The van der Waals surface area contributed by atoms with E-state index in [2.05, 4.69) is 18.8 Å². The molecule has 0 spiro atoms. The van der Waals surface area contributed by atoms with E-state index < -0.39 is 0 Å². The Labute approximate surface area is 96.8 Å². The number of nitrogens with one attached hydrogen (secondary N) is 1. The molecule has 1 N–H and O–H groups in total. The van der Waals surface area contributed by atoms with Crippen molar-refractivity contribution in [3.63, 3.8) is 0 Å². The number of hydrogen-bond acceptors (Lipinski definition) is 2. The molecule has 88 valence electrons. The van der Waals surface area contributed by atoms with Gasteiger partial charge >= 0.3 is 0 Å². The highest BCUT2D eigenvalue weighted by Crippen LogP contribution is 1.95. The van der Waals surface area contributed by atoms with Gasteiger partial charge in [-0.15, -0.1) is 0 Å². The molecular formula is C13H20N2O. The summed E-state index contributed by atoms with van der Waals surface area (Å²) in [6, 6.07) is 3.72. The maximum Gasteiger partial charge on any atom is 0.253 e. The largest absolute Gasteiger partial charge is 0.313 e. The van der Waals surface area contributed by atoms with Crippen molar-refractivity contribution in [3.8, 4) is 0 Å². The third-order valence-electron chi connectivity index (χ3n) is 2.41. The zero-order chi connectivity index (χ0) is 12.0. The fraction of sp³-hybridized carbons (Fsp3) is 0.462. The third kappa shape index (κ3) is 3.66. The maximum absolute atomic E-state index is 11.7. The summed E-state index contributed by atoms with van der Waals surface area (Å²) >= 11 is 0. The Balaban J connectivity index is 2.56. The van der Waals surface area contributed by atoms with E-state index in [1.165, 1.54) is 0 Å². The number of hydrogen-bond donors (Lipinski definition) is 1. The second-order valence-corrected chi connectivity index (χ2v) is 4.05. The van der Waals surface area contributed by atoms with Gasteiger partial charge < -0.3 is 9.88 Å². The first-order valence-corrected chi connectivity index (χ1v) is 5.68. The van der Waals surface area contributed by atoms with E-state index in [0.717, 1.165) is 30.6 Å². The molecule has 0 aliphatic rings. The molecule has 0 atom stereocenters. The summed E-state index contributed by atoms with van der Waals surface area (Å²) in [7, 11) is 0. The minimum atomic E-state index is 0.0686. The molecule has 16 heavy (non-hydrogen) atoms. The number of aromatic nitrogens is 1. The van der Waals surface area contributed by atoms with Crippen LogP contribution >= 0.6 is 0 Å². The summed E-state index contributed by atoms with van der Waals surface area (Å²) in [5, 5.41) is 3.27. The molecule has 0 unspecified atom stereocenters. The van der Waals surface area contributed by atoms with Crippen LogP contribution in [0.5, 0.6) is 0 Å². The number of pyridine rings is 1. The summed E-state index contributed by atoms with van der Waals surface area (Å²) in [5.74, 6) is 0. The zero-order valence-corrected chi connectivity index (χ0v) is 10.1. The van der Waals surface area contributed by atoms with Crippen LogP contribution in [-0.4, -0.2) is 17.7 Å². The molecule has 0 fully saturated rings. The van der Waals surface area contributed by atoms with E-state index in [4.69, 9.17) is 0 Å². The minimum Gasteiger partial charge on any atom is -0.313 e. The molecule has 3 heteroatoms. The Hall–Kier alpha value is -1.35. The second-order valence-electron chi connectivity index (χ2n) is 4.05. The van der Waals surface area contributed by atoms with Crippen LogP contribution in [0.15, 0.2) is 35.3 Å². The van der Waals surface area contributed by atoms with Gasteiger partial charge in [-0.3, -0.25) is 4.79 Å². The number of aryl methyl sites for hydroxylation is 1. The van der Waals surface area contributed by atoms with Crippen molar-refractivity contribution >= 4 is 0 Å². The van der Waals surface area contributed by atoms with E-state index in [9.17, 15) is 4.79 Å². The smallest absolute Gasteiger partial charge is 0.253 e. The van der Waals surface area contributed by atoms with Crippen LogP contribution in [0.25, 0.3) is 0 Å². The van der Waals surface area contributed by atoms with E-state index in [-0.39, 0.29) is 5.56 Å². The molecule has 0 amide bonds. The first-order chi connectivity index (χ1) is 7.65.